The molecule has 0 saturated heterocycles. The number of benzene rings is 1. The van der Waals surface area contributed by atoms with Crippen LogP contribution in [0.25, 0.3) is 0 Å². The van der Waals surface area contributed by atoms with Crippen LogP contribution in [0.2, 0.25) is 5.02 Å². The summed E-state index contributed by atoms with van der Waals surface area (Å²) in [6, 6.07) is 6.89. The molecule has 2 rings (SSSR count). The zero-order chi connectivity index (χ0) is 15.3. The minimum atomic E-state index is -0.132. The average Bonchev–Trinajstić information content (AvgIpc) is 2.49. The van der Waals surface area contributed by atoms with Crippen LogP contribution in [0.3, 0.4) is 0 Å². The van der Waals surface area contributed by atoms with Gasteiger partial charge in [-0.05, 0) is 49.4 Å². The predicted octanol–water partition coefficient (Wildman–Crippen LogP) is 4.10. The summed E-state index contributed by atoms with van der Waals surface area (Å²) in [7, 11) is 0. The molecule has 2 N–H and O–H groups in total. The van der Waals surface area contributed by atoms with E-state index in [2.05, 4.69) is 24.4 Å². The number of rotatable bonds is 5. The van der Waals surface area contributed by atoms with Gasteiger partial charge in [-0.15, -0.1) is 6.58 Å². The van der Waals surface area contributed by atoms with Gasteiger partial charge in [-0.1, -0.05) is 37.4 Å². The van der Waals surface area contributed by atoms with Gasteiger partial charge in [0.2, 0.25) is 0 Å². The van der Waals surface area contributed by atoms with Crippen molar-refractivity contribution in [3.63, 3.8) is 0 Å². The Morgan fingerprint density at radius 2 is 2.14 bits per heavy atom. The van der Waals surface area contributed by atoms with Crippen molar-refractivity contribution in [3.8, 4) is 0 Å². The molecule has 0 radical (unpaired) electrons. The minimum Gasteiger partial charge on any atom is -0.287 e. The van der Waals surface area contributed by atoms with Gasteiger partial charge in [0.05, 0.1) is 0 Å². The van der Waals surface area contributed by atoms with Gasteiger partial charge in [-0.25, -0.2) is 5.43 Å². The van der Waals surface area contributed by atoms with E-state index in [1.807, 2.05) is 6.08 Å². The molecule has 2 unspecified atom stereocenters. The highest BCUT2D eigenvalue weighted by Gasteiger charge is 2.37. The van der Waals surface area contributed by atoms with Gasteiger partial charge in [0.25, 0.3) is 5.91 Å². The van der Waals surface area contributed by atoms with Crippen LogP contribution in [-0.2, 0) is 0 Å². The lowest BCUT2D eigenvalue weighted by atomic mass is 9.72. The molecule has 114 valence electrons. The molecule has 3 nitrogen and oxygen atoms in total. The summed E-state index contributed by atoms with van der Waals surface area (Å²) in [5, 5.41) is 0.628. The highest BCUT2D eigenvalue weighted by molar-refractivity contribution is 6.30. The third-order valence-electron chi connectivity index (χ3n) is 4.49. The molecule has 1 amide bonds. The van der Waals surface area contributed by atoms with Crippen LogP contribution in [0.1, 0.15) is 49.4 Å². The van der Waals surface area contributed by atoms with Crippen molar-refractivity contribution in [1.82, 2.24) is 10.9 Å². The van der Waals surface area contributed by atoms with Crippen molar-refractivity contribution < 1.29 is 4.79 Å². The van der Waals surface area contributed by atoms with E-state index in [0.717, 1.165) is 12.8 Å². The summed E-state index contributed by atoms with van der Waals surface area (Å²) in [6.45, 7) is 6.10. The Hall–Kier alpha value is -1.32. The van der Waals surface area contributed by atoms with Crippen LogP contribution in [0.5, 0.6) is 0 Å². The Labute approximate surface area is 131 Å². The van der Waals surface area contributed by atoms with E-state index < -0.39 is 0 Å². The van der Waals surface area contributed by atoms with Crippen LogP contribution in [0, 0.1) is 5.92 Å². The molecule has 2 atom stereocenters. The van der Waals surface area contributed by atoms with Crippen LogP contribution < -0.4 is 10.9 Å². The molecule has 1 aromatic rings. The summed E-state index contributed by atoms with van der Waals surface area (Å²) >= 11 is 5.84. The van der Waals surface area contributed by atoms with E-state index in [-0.39, 0.29) is 11.4 Å². The zero-order valence-electron chi connectivity index (χ0n) is 12.5. The zero-order valence-corrected chi connectivity index (χ0v) is 13.2. The normalized spacial score (nSPS) is 25.3. The fourth-order valence-electron chi connectivity index (χ4n) is 3.07. The molecule has 0 aromatic heterocycles. The molecule has 21 heavy (non-hydrogen) atoms. The first-order valence-electron chi connectivity index (χ1n) is 7.51. The summed E-state index contributed by atoms with van der Waals surface area (Å²) in [5.74, 6) is 0.377. The van der Waals surface area contributed by atoms with Crippen molar-refractivity contribution in [3.05, 3.63) is 47.5 Å². The van der Waals surface area contributed by atoms with E-state index in [9.17, 15) is 4.79 Å². The lowest BCUT2D eigenvalue weighted by Gasteiger charge is -2.43. The Morgan fingerprint density at radius 3 is 2.76 bits per heavy atom. The number of hydrogen-bond donors (Lipinski definition) is 2. The maximum absolute atomic E-state index is 12.2. The maximum Gasteiger partial charge on any atom is 0.265 e. The van der Waals surface area contributed by atoms with E-state index in [1.165, 1.54) is 19.3 Å². The lowest BCUT2D eigenvalue weighted by Crippen LogP contribution is -2.58. The molecular weight excluding hydrogens is 284 g/mol. The van der Waals surface area contributed by atoms with E-state index >= 15 is 0 Å². The molecule has 0 spiro atoms. The molecule has 1 saturated carbocycles. The second kappa shape index (κ2) is 7.10. The van der Waals surface area contributed by atoms with Gasteiger partial charge in [0, 0.05) is 16.1 Å². The van der Waals surface area contributed by atoms with Gasteiger partial charge in [0.15, 0.2) is 0 Å². The average molecular weight is 307 g/mol. The number of carbonyl (C=O) groups excluding carboxylic acids is 1. The Morgan fingerprint density at radius 1 is 1.43 bits per heavy atom. The minimum absolute atomic E-state index is 0.0813. The third-order valence-corrected chi connectivity index (χ3v) is 4.75. The molecule has 1 aliphatic rings. The summed E-state index contributed by atoms with van der Waals surface area (Å²) < 4.78 is 0. The quantitative estimate of drug-likeness (QED) is 0.635. The number of hydrazine groups is 1. The number of halogens is 1. The van der Waals surface area contributed by atoms with E-state index in [0.29, 0.717) is 16.5 Å². The van der Waals surface area contributed by atoms with Gasteiger partial charge in [-0.3, -0.25) is 10.2 Å². The molecular formula is C17H23ClN2O. The van der Waals surface area contributed by atoms with Crippen LogP contribution in [-0.4, -0.2) is 11.4 Å². The first-order valence-corrected chi connectivity index (χ1v) is 7.89. The maximum atomic E-state index is 12.2. The summed E-state index contributed by atoms with van der Waals surface area (Å²) in [4.78, 5) is 12.2. The van der Waals surface area contributed by atoms with Crippen molar-refractivity contribution in [2.24, 2.45) is 5.92 Å². The number of carbonyl (C=O) groups is 1. The molecule has 4 heteroatoms. The smallest absolute Gasteiger partial charge is 0.265 e. The standard InChI is InChI=1S/C17H23ClN2O/c1-3-11-17(12-5-4-6-13(17)2)20-19-16(21)14-7-9-15(18)10-8-14/h3,7-10,13,20H,1,4-6,11-12H2,2H3,(H,19,21). The first-order chi connectivity index (χ1) is 10.1. The monoisotopic (exact) mass is 306 g/mol. The molecule has 0 aliphatic heterocycles. The van der Waals surface area contributed by atoms with E-state index in [1.54, 1.807) is 24.3 Å². The van der Waals surface area contributed by atoms with Crippen molar-refractivity contribution in [1.29, 1.82) is 0 Å². The van der Waals surface area contributed by atoms with Crippen LogP contribution >= 0.6 is 11.6 Å². The highest BCUT2D eigenvalue weighted by atomic mass is 35.5. The van der Waals surface area contributed by atoms with Crippen molar-refractivity contribution >= 4 is 17.5 Å². The second-order valence-corrected chi connectivity index (χ2v) is 6.32. The van der Waals surface area contributed by atoms with Gasteiger partial charge >= 0.3 is 0 Å². The molecule has 1 aliphatic carbocycles. The lowest BCUT2D eigenvalue weighted by molar-refractivity contribution is 0.0830. The predicted molar refractivity (Wildman–Crippen MR) is 87.2 cm³/mol. The largest absolute Gasteiger partial charge is 0.287 e. The fraction of sp³-hybridized carbons (Fsp3) is 0.471. The number of amides is 1. The number of nitrogens with one attached hydrogen (secondary N) is 2. The van der Waals surface area contributed by atoms with Crippen molar-refractivity contribution in [2.75, 3.05) is 0 Å². The number of hydrogen-bond acceptors (Lipinski definition) is 2. The van der Waals surface area contributed by atoms with E-state index in [4.69, 9.17) is 11.6 Å². The van der Waals surface area contributed by atoms with Gasteiger partial charge in [0.1, 0.15) is 0 Å². The molecule has 0 bridgehead atoms. The van der Waals surface area contributed by atoms with Gasteiger partial charge in [-0.2, -0.15) is 0 Å². The highest BCUT2D eigenvalue weighted by Crippen LogP contribution is 2.35. The Kier molecular flexibility index (Phi) is 5.43. The molecule has 1 aromatic carbocycles. The second-order valence-electron chi connectivity index (χ2n) is 5.88. The van der Waals surface area contributed by atoms with Crippen LogP contribution in [0.15, 0.2) is 36.9 Å². The van der Waals surface area contributed by atoms with Crippen LogP contribution in [0.4, 0.5) is 0 Å². The summed E-state index contributed by atoms with van der Waals surface area (Å²) in [5.41, 5.74) is 6.68. The Balaban J connectivity index is 2.02. The molecule has 0 heterocycles. The SMILES string of the molecule is C=CCC1(NNC(=O)c2ccc(Cl)cc2)CCCCC1C. The fourth-order valence-corrected chi connectivity index (χ4v) is 3.19. The third kappa shape index (κ3) is 3.86. The summed E-state index contributed by atoms with van der Waals surface area (Å²) in [6.07, 6.45) is 7.46. The van der Waals surface area contributed by atoms with Gasteiger partial charge < -0.3 is 0 Å². The Bertz CT molecular complexity index is 500. The molecule has 1 fully saturated rings. The van der Waals surface area contributed by atoms with Crippen molar-refractivity contribution in [2.45, 2.75) is 44.6 Å². The first kappa shape index (κ1) is 16.1. The topological polar surface area (TPSA) is 41.1 Å².